The van der Waals surface area contributed by atoms with Gasteiger partial charge in [-0.1, -0.05) is 6.07 Å². The fourth-order valence-electron chi connectivity index (χ4n) is 1.60. The molecule has 3 rings (SSSR count). The summed E-state index contributed by atoms with van der Waals surface area (Å²) in [6, 6.07) is 7.37. The van der Waals surface area contributed by atoms with E-state index in [9.17, 15) is 5.11 Å². The summed E-state index contributed by atoms with van der Waals surface area (Å²) < 4.78 is 5.59. The van der Waals surface area contributed by atoms with E-state index in [1.807, 2.05) is 11.4 Å². The van der Waals surface area contributed by atoms with Crippen molar-refractivity contribution in [3.8, 4) is 17.5 Å². The molecule has 3 aromatic rings. The molecule has 0 radical (unpaired) electrons. The van der Waals surface area contributed by atoms with Crippen LogP contribution in [0.15, 0.2) is 35.8 Å². The first kappa shape index (κ1) is 11.0. The molecule has 90 valence electrons. The number of nitrogens with zero attached hydrogens (tertiary/aromatic N) is 2. The van der Waals surface area contributed by atoms with Crippen molar-refractivity contribution in [2.75, 3.05) is 0 Å². The summed E-state index contributed by atoms with van der Waals surface area (Å²) in [5, 5.41) is 12.6. The number of benzene rings is 1. The van der Waals surface area contributed by atoms with Crippen LogP contribution in [-0.2, 0) is 0 Å². The van der Waals surface area contributed by atoms with Gasteiger partial charge in [0.05, 0.1) is 0 Å². The van der Waals surface area contributed by atoms with Crippen LogP contribution in [0.4, 0.5) is 0 Å². The van der Waals surface area contributed by atoms with E-state index in [0.29, 0.717) is 17.3 Å². The molecular formula is C13H10N2O2S. The summed E-state index contributed by atoms with van der Waals surface area (Å²) in [5.74, 6) is 0.760. The molecule has 0 bridgehead atoms. The van der Waals surface area contributed by atoms with E-state index in [-0.39, 0.29) is 5.75 Å². The molecule has 1 N–H and O–H groups in total. The number of rotatable bonds is 2. The van der Waals surface area contributed by atoms with Crippen LogP contribution in [0.5, 0.6) is 17.5 Å². The molecule has 18 heavy (non-hydrogen) atoms. The molecular weight excluding hydrogens is 248 g/mol. The van der Waals surface area contributed by atoms with Gasteiger partial charge in [-0.25, -0.2) is 4.98 Å². The molecule has 0 saturated heterocycles. The molecule has 4 nitrogen and oxygen atoms in total. The standard InChI is InChI=1S/C13H10N2O2S/c1-8-10(16)3-2-4-11(8)17-13-14-7-9-5-6-18-12(9)15-13/h2-7,16H,1H3. The third-order valence-corrected chi connectivity index (χ3v) is 3.46. The number of hydrogen-bond donors (Lipinski definition) is 1. The Kier molecular flexibility index (Phi) is 2.60. The summed E-state index contributed by atoms with van der Waals surface area (Å²) in [5.41, 5.74) is 0.673. The van der Waals surface area contributed by atoms with Crippen LogP contribution in [0, 0.1) is 6.92 Å². The fourth-order valence-corrected chi connectivity index (χ4v) is 2.33. The Hall–Kier alpha value is -2.14. The number of thiophene rings is 1. The number of ether oxygens (including phenoxy) is 1. The van der Waals surface area contributed by atoms with E-state index in [1.165, 1.54) is 11.3 Å². The molecule has 2 aromatic heterocycles. The quantitative estimate of drug-likeness (QED) is 0.764. The summed E-state index contributed by atoms with van der Waals surface area (Å²) in [6.07, 6.45) is 1.73. The molecule has 0 fully saturated rings. The smallest absolute Gasteiger partial charge is 0.323 e. The summed E-state index contributed by atoms with van der Waals surface area (Å²) in [6.45, 7) is 1.79. The normalized spacial score (nSPS) is 10.7. The van der Waals surface area contributed by atoms with Crippen molar-refractivity contribution in [2.45, 2.75) is 6.92 Å². The number of aromatic nitrogens is 2. The van der Waals surface area contributed by atoms with Crippen molar-refractivity contribution in [2.24, 2.45) is 0 Å². The van der Waals surface area contributed by atoms with Gasteiger partial charge in [0.15, 0.2) is 0 Å². The van der Waals surface area contributed by atoms with Crippen LogP contribution >= 0.6 is 11.3 Å². The van der Waals surface area contributed by atoms with Gasteiger partial charge in [-0.3, -0.25) is 0 Å². The summed E-state index contributed by atoms with van der Waals surface area (Å²) in [4.78, 5) is 9.33. The minimum absolute atomic E-state index is 0.199. The van der Waals surface area contributed by atoms with E-state index in [2.05, 4.69) is 9.97 Å². The molecule has 0 unspecified atom stereocenters. The topological polar surface area (TPSA) is 55.2 Å². The SMILES string of the molecule is Cc1c(O)cccc1Oc1ncc2ccsc2n1. The molecule has 0 atom stereocenters. The maximum atomic E-state index is 9.60. The zero-order chi connectivity index (χ0) is 12.5. The fraction of sp³-hybridized carbons (Fsp3) is 0.0769. The highest BCUT2D eigenvalue weighted by atomic mass is 32.1. The molecule has 0 aliphatic heterocycles. The van der Waals surface area contributed by atoms with Crippen molar-refractivity contribution in [1.82, 2.24) is 9.97 Å². The van der Waals surface area contributed by atoms with Crippen molar-refractivity contribution in [1.29, 1.82) is 0 Å². The van der Waals surface area contributed by atoms with Gasteiger partial charge in [0.1, 0.15) is 16.3 Å². The highest BCUT2D eigenvalue weighted by Gasteiger charge is 2.08. The molecule has 0 aliphatic rings. The molecule has 2 heterocycles. The van der Waals surface area contributed by atoms with Gasteiger partial charge in [-0.15, -0.1) is 11.3 Å². The Morgan fingerprint density at radius 3 is 3.06 bits per heavy atom. The monoisotopic (exact) mass is 258 g/mol. The van der Waals surface area contributed by atoms with Gasteiger partial charge in [0.25, 0.3) is 0 Å². The van der Waals surface area contributed by atoms with Crippen molar-refractivity contribution >= 4 is 21.6 Å². The van der Waals surface area contributed by atoms with E-state index in [4.69, 9.17) is 4.74 Å². The van der Waals surface area contributed by atoms with Gasteiger partial charge in [0.2, 0.25) is 0 Å². The number of fused-ring (bicyclic) bond motifs is 1. The van der Waals surface area contributed by atoms with E-state index >= 15 is 0 Å². The Morgan fingerprint density at radius 2 is 2.17 bits per heavy atom. The minimum Gasteiger partial charge on any atom is -0.508 e. The zero-order valence-corrected chi connectivity index (χ0v) is 10.4. The predicted octanol–water partition coefficient (Wildman–Crippen LogP) is 3.50. The van der Waals surface area contributed by atoms with Crippen molar-refractivity contribution in [3.63, 3.8) is 0 Å². The largest absolute Gasteiger partial charge is 0.508 e. The Balaban J connectivity index is 1.98. The van der Waals surface area contributed by atoms with Gasteiger partial charge in [0, 0.05) is 17.1 Å². The highest BCUT2D eigenvalue weighted by Crippen LogP contribution is 2.29. The lowest BCUT2D eigenvalue weighted by Crippen LogP contribution is -1.92. The second kappa shape index (κ2) is 4.27. The lowest BCUT2D eigenvalue weighted by molar-refractivity contribution is 0.427. The molecule has 0 aliphatic carbocycles. The van der Waals surface area contributed by atoms with Crippen LogP contribution in [0.3, 0.4) is 0 Å². The first-order chi connectivity index (χ1) is 8.74. The first-order valence-electron chi connectivity index (χ1n) is 5.41. The van der Waals surface area contributed by atoms with E-state index < -0.39 is 0 Å². The lowest BCUT2D eigenvalue weighted by atomic mass is 10.2. The maximum absolute atomic E-state index is 9.60. The molecule has 0 amide bonds. The Labute approximate surface area is 108 Å². The first-order valence-corrected chi connectivity index (χ1v) is 6.29. The third-order valence-electron chi connectivity index (χ3n) is 2.64. The van der Waals surface area contributed by atoms with Gasteiger partial charge < -0.3 is 9.84 Å². The van der Waals surface area contributed by atoms with Crippen LogP contribution in [-0.4, -0.2) is 15.1 Å². The molecule has 1 aromatic carbocycles. The molecule has 5 heteroatoms. The number of aromatic hydroxyl groups is 1. The Morgan fingerprint density at radius 1 is 1.28 bits per heavy atom. The number of phenols is 1. The Bertz CT molecular complexity index is 709. The van der Waals surface area contributed by atoms with E-state index in [1.54, 1.807) is 31.3 Å². The predicted molar refractivity (Wildman–Crippen MR) is 70.3 cm³/mol. The van der Waals surface area contributed by atoms with Crippen LogP contribution in [0.25, 0.3) is 10.2 Å². The lowest BCUT2D eigenvalue weighted by Gasteiger charge is -2.07. The summed E-state index contributed by atoms with van der Waals surface area (Å²) >= 11 is 1.54. The number of phenolic OH excluding ortho intramolecular Hbond substituents is 1. The zero-order valence-electron chi connectivity index (χ0n) is 9.62. The molecule has 0 spiro atoms. The average molecular weight is 258 g/mol. The molecule has 0 saturated carbocycles. The van der Waals surface area contributed by atoms with Crippen molar-refractivity contribution in [3.05, 3.63) is 41.4 Å². The van der Waals surface area contributed by atoms with Crippen LogP contribution in [0.1, 0.15) is 5.56 Å². The van der Waals surface area contributed by atoms with Gasteiger partial charge in [-0.2, -0.15) is 4.98 Å². The van der Waals surface area contributed by atoms with Gasteiger partial charge in [-0.05, 0) is 30.5 Å². The second-order valence-corrected chi connectivity index (χ2v) is 4.73. The maximum Gasteiger partial charge on any atom is 0.323 e. The van der Waals surface area contributed by atoms with Crippen LogP contribution in [0.2, 0.25) is 0 Å². The van der Waals surface area contributed by atoms with Gasteiger partial charge >= 0.3 is 6.01 Å². The number of hydrogen-bond acceptors (Lipinski definition) is 5. The van der Waals surface area contributed by atoms with Crippen molar-refractivity contribution < 1.29 is 9.84 Å². The average Bonchev–Trinajstić information content (AvgIpc) is 2.82. The second-order valence-electron chi connectivity index (χ2n) is 3.84. The highest BCUT2D eigenvalue weighted by molar-refractivity contribution is 7.16. The van der Waals surface area contributed by atoms with E-state index in [0.717, 1.165) is 10.2 Å². The summed E-state index contributed by atoms with van der Waals surface area (Å²) in [7, 11) is 0. The minimum atomic E-state index is 0.199. The van der Waals surface area contributed by atoms with Crippen LogP contribution < -0.4 is 4.74 Å². The third kappa shape index (κ3) is 1.89.